The Hall–Kier alpha value is -1.29. The number of cyclic esters (lactones) is 1. The van der Waals surface area contributed by atoms with Crippen LogP contribution in [0, 0.1) is 12.7 Å². The summed E-state index contributed by atoms with van der Waals surface area (Å²) in [5.41, 5.74) is 1.51. The Kier molecular flexibility index (Phi) is 4.12. The predicted molar refractivity (Wildman–Crippen MR) is 60.2 cm³/mol. The van der Waals surface area contributed by atoms with E-state index < -0.39 is 6.09 Å². The molecule has 1 amide bonds. The molecular formula is C11H13ClFNO2. The number of carbonyl (C=O) groups is 1. The van der Waals surface area contributed by atoms with Crippen LogP contribution in [0.2, 0.25) is 0 Å². The molecule has 1 aliphatic rings. The lowest BCUT2D eigenvalue weighted by Crippen LogP contribution is -2.35. The first-order chi connectivity index (χ1) is 7.16. The van der Waals surface area contributed by atoms with Crippen molar-refractivity contribution < 1.29 is 13.9 Å². The van der Waals surface area contributed by atoms with Gasteiger partial charge in [0, 0.05) is 12.0 Å². The number of ether oxygens (including phenoxy) is 1. The summed E-state index contributed by atoms with van der Waals surface area (Å²) in [5, 5.41) is 2.60. The van der Waals surface area contributed by atoms with Crippen molar-refractivity contribution in [3.63, 3.8) is 0 Å². The Balaban J connectivity index is 0.00000128. The minimum atomic E-state index is -0.479. The van der Waals surface area contributed by atoms with Crippen molar-refractivity contribution in [1.82, 2.24) is 5.32 Å². The van der Waals surface area contributed by atoms with E-state index in [9.17, 15) is 9.18 Å². The lowest BCUT2D eigenvalue weighted by molar-refractivity contribution is 0.115. The minimum Gasteiger partial charge on any atom is -0.449 e. The van der Waals surface area contributed by atoms with Crippen LogP contribution in [0.1, 0.15) is 23.6 Å². The molecule has 0 unspecified atom stereocenters. The van der Waals surface area contributed by atoms with Crippen LogP contribution in [0.3, 0.4) is 0 Å². The van der Waals surface area contributed by atoms with Gasteiger partial charge in [0.1, 0.15) is 5.82 Å². The highest BCUT2D eigenvalue weighted by Gasteiger charge is 2.23. The van der Waals surface area contributed by atoms with E-state index >= 15 is 0 Å². The Bertz CT molecular complexity index is 398. The van der Waals surface area contributed by atoms with Crippen molar-refractivity contribution >= 4 is 18.5 Å². The van der Waals surface area contributed by atoms with Crippen molar-refractivity contribution in [3.8, 4) is 0 Å². The molecule has 1 fully saturated rings. The number of aryl methyl sites for hydroxylation is 1. The fraction of sp³-hybridized carbons (Fsp3) is 0.364. The normalized spacial score (nSPS) is 19.4. The third-order valence-electron chi connectivity index (χ3n) is 2.46. The van der Waals surface area contributed by atoms with Gasteiger partial charge in [-0.25, -0.2) is 9.18 Å². The van der Waals surface area contributed by atoms with Gasteiger partial charge in [-0.15, -0.1) is 12.4 Å². The van der Waals surface area contributed by atoms with Gasteiger partial charge < -0.3 is 10.1 Å². The molecule has 3 nitrogen and oxygen atoms in total. The lowest BCUT2D eigenvalue weighted by atomic mass is 10.0. The largest absolute Gasteiger partial charge is 0.449 e. The van der Waals surface area contributed by atoms with E-state index in [-0.39, 0.29) is 24.3 Å². The van der Waals surface area contributed by atoms with Crippen LogP contribution in [0.25, 0.3) is 0 Å². The van der Waals surface area contributed by atoms with Gasteiger partial charge in [-0.3, -0.25) is 0 Å². The van der Waals surface area contributed by atoms with Gasteiger partial charge in [-0.05, 0) is 13.0 Å². The van der Waals surface area contributed by atoms with Crippen LogP contribution in [0.5, 0.6) is 0 Å². The molecule has 1 saturated heterocycles. The monoisotopic (exact) mass is 245 g/mol. The summed E-state index contributed by atoms with van der Waals surface area (Å²) < 4.78 is 18.2. The average Bonchev–Trinajstić information content (AvgIpc) is 2.22. The minimum absolute atomic E-state index is 0. The Morgan fingerprint density at radius 3 is 2.94 bits per heavy atom. The molecule has 88 valence electrons. The van der Waals surface area contributed by atoms with Crippen LogP contribution in [-0.4, -0.2) is 12.7 Å². The first kappa shape index (κ1) is 12.8. The van der Waals surface area contributed by atoms with Crippen LogP contribution < -0.4 is 5.32 Å². The number of rotatable bonds is 1. The van der Waals surface area contributed by atoms with E-state index in [0.29, 0.717) is 18.6 Å². The fourth-order valence-corrected chi connectivity index (χ4v) is 1.69. The topological polar surface area (TPSA) is 38.3 Å². The van der Waals surface area contributed by atoms with Crippen molar-refractivity contribution in [2.24, 2.45) is 0 Å². The molecule has 0 radical (unpaired) electrons. The molecular weight excluding hydrogens is 233 g/mol. The molecule has 1 N–H and O–H groups in total. The molecule has 1 aliphatic heterocycles. The summed E-state index contributed by atoms with van der Waals surface area (Å²) in [7, 11) is 0. The van der Waals surface area contributed by atoms with E-state index in [1.807, 2.05) is 6.92 Å². The van der Waals surface area contributed by atoms with E-state index in [1.165, 1.54) is 6.07 Å². The van der Waals surface area contributed by atoms with Crippen molar-refractivity contribution in [2.75, 3.05) is 6.61 Å². The number of benzene rings is 1. The molecule has 1 aromatic rings. The molecule has 0 aliphatic carbocycles. The molecule has 0 spiro atoms. The number of nitrogens with one attached hydrogen (secondary N) is 1. The highest BCUT2D eigenvalue weighted by atomic mass is 35.5. The highest BCUT2D eigenvalue weighted by Crippen LogP contribution is 2.23. The van der Waals surface area contributed by atoms with Crippen LogP contribution in [0.4, 0.5) is 9.18 Å². The summed E-state index contributed by atoms with van der Waals surface area (Å²) in [4.78, 5) is 11.0. The van der Waals surface area contributed by atoms with Gasteiger partial charge >= 0.3 is 6.09 Å². The second-order valence-corrected chi connectivity index (χ2v) is 3.65. The molecule has 16 heavy (non-hydrogen) atoms. The molecule has 0 bridgehead atoms. The third-order valence-corrected chi connectivity index (χ3v) is 2.46. The zero-order chi connectivity index (χ0) is 10.8. The maximum atomic E-state index is 13.5. The fourth-order valence-electron chi connectivity index (χ4n) is 1.69. The summed E-state index contributed by atoms with van der Waals surface area (Å²) in [6.45, 7) is 2.23. The smallest absolute Gasteiger partial charge is 0.407 e. The number of hydrogen-bond acceptors (Lipinski definition) is 2. The number of alkyl carbamates (subject to hydrolysis) is 1. The van der Waals surface area contributed by atoms with Crippen LogP contribution in [0.15, 0.2) is 18.2 Å². The molecule has 2 rings (SSSR count). The van der Waals surface area contributed by atoms with Gasteiger partial charge in [-0.2, -0.15) is 0 Å². The zero-order valence-corrected chi connectivity index (χ0v) is 9.64. The van der Waals surface area contributed by atoms with Gasteiger partial charge in [0.25, 0.3) is 0 Å². The number of halogens is 2. The highest BCUT2D eigenvalue weighted by molar-refractivity contribution is 5.85. The van der Waals surface area contributed by atoms with E-state index in [4.69, 9.17) is 4.74 Å². The summed E-state index contributed by atoms with van der Waals surface area (Å²) >= 11 is 0. The first-order valence-electron chi connectivity index (χ1n) is 4.86. The van der Waals surface area contributed by atoms with Crippen molar-refractivity contribution in [3.05, 3.63) is 35.1 Å². The first-order valence-corrected chi connectivity index (χ1v) is 4.86. The average molecular weight is 246 g/mol. The Morgan fingerprint density at radius 2 is 2.25 bits per heavy atom. The summed E-state index contributed by atoms with van der Waals surface area (Å²) in [6, 6.07) is 4.61. The second-order valence-electron chi connectivity index (χ2n) is 3.65. The molecule has 1 heterocycles. The lowest BCUT2D eigenvalue weighted by Gasteiger charge is -2.24. The Labute approximate surface area is 99.4 Å². The molecule has 5 heteroatoms. The zero-order valence-electron chi connectivity index (χ0n) is 8.83. The second kappa shape index (κ2) is 5.16. The van der Waals surface area contributed by atoms with Crippen LogP contribution in [-0.2, 0) is 4.74 Å². The summed E-state index contributed by atoms with van der Waals surface area (Å²) in [6.07, 6.45) is 0.124. The number of carbonyl (C=O) groups excluding carboxylic acids is 1. The molecule has 0 saturated carbocycles. The van der Waals surface area contributed by atoms with Gasteiger partial charge in [0.15, 0.2) is 0 Å². The summed E-state index contributed by atoms with van der Waals surface area (Å²) in [5.74, 6) is -0.284. The maximum absolute atomic E-state index is 13.5. The molecule has 1 atom stereocenters. The van der Waals surface area contributed by atoms with E-state index in [1.54, 1.807) is 12.1 Å². The standard InChI is InChI=1S/C11H12FNO2.ClH/c1-7-2-3-9(12)8(6-7)10-4-5-15-11(14)13-10;/h2-3,6,10H,4-5H2,1H3,(H,13,14);1H/t10-;/m0./s1. The van der Waals surface area contributed by atoms with Crippen molar-refractivity contribution in [2.45, 2.75) is 19.4 Å². The SMILES string of the molecule is Cc1ccc(F)c([C@@H]2CCOC(=O)N2)c1.Cl. The Morgan fingerprint density at radius 1 is 1.50 bits per heavy atom. The van der Waals surface area contributed by atoms with Gasteiger partial charge in [0.05, 0.1) is 12.6 Å². The van der Waals surface area contributed by atoms with Gasteiger partial charge in [-0.1, -0.05) is 17.7 Å². The quantitative estimate of drug-likeness (QED) is 0.826. The third kappa shape index (κ3) is 2.64. The van der Waals surface area contributed by atoms with Gasteiger partial charge in [0.2, 0.25) is 0 Å². The van der Waals surface area contributed by atoms with Crippen molar-refractivity contribution in [1.29, 1.82) is 0 Å². The number of amides is 1. The maximum Gasteiger partial charge on any atom is 0.407 e. The molecule has 1 aromatic carbocycles. The predicted octanol–water partition coefficient (Wildman–Crippen LogP) is 2.73. The van der Waals surface area contributed by atoms with E-state index in [2.05, 4.69) is 5.32 Å². The number of hydrogen-bond donors (Lipinski definition) is 1. The molecule has 0 aromatic heterocycles. The van der Waals surface area contributed by atoms with E-state index in [0.717, 1.165) is 5.56 Å². The van der Waals surface area contributed by atoms with Crippen LogP contribution >= 0.6 is 12.4 Å².